The maximum Gasteiger partial charge on any atom is 0.0604 e. The van der Waals surface area contributed by atoms with Crippen molar-refractivity contribution < 1.29 is 0 Å². The monoisotopic (exact) mass is 220 g/mol. The Morgan fingerprint density at radius 2 is 2.12 bits per heavy atom. The molecule has 90 valence electrons. The molecule has 0 aliphatic carbocycles. The minimum absolute atomic E-state index is 0.395. The summed E-state index contributed by atoms with van der Waals surface area (Å²) >= 11 is 0. The summed E-state index contributed by atoms with van der Waals surface area (Å²) in [6.07, 6.45) is 4.37. The Balaban J connectivity index is 2.88. The van der Waals surface area contributed by atoms with Gasteiger partial charge in [0.05, 0.1) is 11.7 Å². The average Bonchev–Trinajstić information content (AvgIpc) is 2.27. The predicted molar refractivity (Wildman–Crippen MR) is 69.5 cm³/mol. The Morgan fingerprint density at radius 3 is 2.69 bits per heavy atom. The zero-order chi connectivity index (χ0) is 12.0. The second-order valence-corrected chi connectivity index (χ2v) is 4.51. The van der Waals surface area contributed by atoms with E-state index in [1.165, 1.54) is 24.1 Å². The summed E-state index contributed by atoms with van der Waals surface area (Å²) < 4.78 is 0. The molecule has 0 aromatic carbocycles. The summed E-state index contributed by atoms with van der Waals surface area (Å²) in [4.78, 5) is 4.54. The molecular weight excluding hydrogens is 196 g/mol. The van der Waals surface area contributed by atoms with Gasteiger partial charge in [-0.15, -0.1) is 0 Å². The zero-order valence-corrected chi connectivity index (χ0v) is 11.0. The average molecular weight is 220 g/mol. The lowest BCUT2D eigenvalue weighted by molar-refractivity contribution is 0.361. The van der Waals surface area contributed by atoms with Gasteiger partial charge in [-0.3, -0.25) is 4.98 Å². The Hall–Kier alpha value is -0.890. The van der Waals surface area contributed by atoms with E-state index in [1.807, 2.05) is 12.3 Å². The molecule has 0 aliphatic rings. The Bertz CT molecular complexity index is 309. The van der Waals surface area contributed by atoms with Gasteiger partial charge in [0.1, 0.15) is 0 Å². The number of rotatable bonds is 6. The molecule has 1 N–H and O–H groups in total. The number of nitrogens with one attached hydrogen (secondary N) is 1. The van der Waals surface area contributed by atoms with Gasteiger partial charge in [-0.1, -0.05) is 33.3 Å². The molecule has 0 aliphatic heterocycles. The van der Waals surface area contributed by atoms with E-state index in [9.17, 15) is 0 Å². The van der Waals surface area contributed by atoms with Crippen molar-refractivity contribution in [3.63, 3.8) is 0 Å². The molecule has 2 heteroatoms. The molecule has 1 aromatic rings. The van der Waals surface area contributed by atoms with Gasteiger partial charge in [-0.2, -0.15) is 0 Å². The third-order valence-electron chi connectivity index (χ3n) is 3.08. The fourth-order valence-electron chi connectivity index (χ4n) is 2.23. The van der Waals surface area contributed by atoms with Crippen LogP contribution in [-0.4, -0.2) is 11.5 Å². The zero-order valence-electron chi connectivity index (χ0n) is 11.0. The van der Waals surface area contributed by atoms with E-state index in [0.717, 1.165) is 6.54 Å². The molecule has 0 bridgehead atoms. The van der Waals surface area contributed by atoms with Gasteiger partial charge in [-0.25, -0.2) is 0 Å². The van der Waals surface area contributed by atoms with Crippen molar-refractivity contribution in [2.45, 2.75) is 46.6 Å². The second-order valence-electron chi connectivity index (χ2n) is 4.51. The second kappa shape index (κ2) is 6.64. The van der Waals surface area contributed by atoms with Crippen molar-refractivity contribution in [3.8, 4) is 0 Å². The van der Waals surface area contributed by atoms with Crippen molar-refractivity contribution in [2.24, 2.45) is 5.92 Å². The van der Waals surface area contributed by atoms with Gasteiger partial charge in [-0.05, 0) is 37.4 Å². The minimum Gasteiger partial charge on any atom is -0.309 e. The molecule has 1 aromatic heterocycles. The lowest BCUT2D eigenvalue weighted by Gasteiger charge is -2.25. The third-order valence-corrected chi connectivity index (χ3v) is 3.08. The number of hydrogen-bond acceptors (Lipinski definition) is 2. The highest BCUT2D eigenvalue weighted by atomic mass is 14.9. The van der Waals surface area contributed by atoms with E-state index in [2.05, 4.69) is 44.1 Å². The van der Waals surface area contributed by atoms with Crippen molar-refractivity contribution in [3.05, 3.63) is 29.6 Å². The first kappa shape index (κ1) is 13.2. The van der Waals surface area contributed by atoms with Crippen molar-refractivity contribution >= 4 is 0 Å². The van der Waals surface area contributed by atoms with Crippen LogP contribution in [0.2, 0.25) is 0 Å². The van der Waals surface area contributed by atoms with Crippen LogP contribution in [0.25, 0.3) is 0 Å². The summed E-state index contributed by atoms with van der Waals surface area (Å²) in [6, 6.07) is 4.55. The highest BCUT2D eigenvalue weighted by Crippen LogP contribution is 2.25. The number of hydrogen-bond donors (Lipinski definition) is 1. The number of nitrogens with zero attached hydrogens (tertiary/aromatic N) is 1. The Morgan fingerprint density at radius 1 is 1.38 bits per heavy atom. The molecule has 2 atom stereocenters. The molecule has 1 rings (SSSR count). The maximum atomic E-state index is 4.54. The van der Waals surface area contributed by atoms with Crippen LogP contribution in [0.1, 0.15) is 50.9 Å². The molecule has 0 saturated carbocycles. The standard InChI is InChI=1S/C14H24N2/c1-5-8-11(3)13(15-6-2)14-12(4)9-7-10-16-14/h7,9-11,13,15H,5-6,8H2,1-4H3. The largest absolute Gasteiger partial charge is 0.309 e. The van der Waals surface area contributed by atoms with Crippen molar-refractivity contribution in [2.75, 3.05) is 6.54 Å². The molecule has 0 spiro atoms. The number of aryl methyl sites for hydroxylation is 1. The van der Waals surface area contributed by atoms with E-state index in [4.69, 9.17) is 0 Å². The van der Waals surface area contributed by atoms with Crippen LogP contribution in [-0.2, 0) is 0 Å². The Kier molecular flexibility index (Phi) is 5.47. The lowest BCUT2D eigenvalue weighted by atomic mass is 9.92. The molecule has 16 heavy (non-hydrogen) atoms. The lowest BCUT2D eigenvalue weighted by Crippen LogP contribution is -2.28. The number of aromatic nitrogens is 1. The van der Waals surface area contributed by atoms with Crippen LogP contribution < -0.4 is 5.32 Å². The van der Waals surface area contributed by atoms with Crippen LogP contribution in [0.5, 0.6) is 0 Å². The predicted octanol–water partition coefficient (Wildman–Crippen LogP) is 3.48. The summed E-state index contributed by atoms with van der Waals surface area (Å²) in [7, 11) is 0. The first-order chi connectivity index (χ1) is 7.70. The van der Waals surface area contributed by atoms with Crippen LogP contribution in [0.15, 0.2) is 18.3 Å². The topological polar surface area (TPSA) is 24.9 Å². The summed E-state index contributed by atoms with van der Waals surface area (Å²) in [5.74, 6) is 0.638. The molecule has 1 heterocycles. The van der Waals surface area contributed by atoms with E-state index >= 15 is 0 Å². The minimum atomic E-state index is 0.395. The smallest absolute Gasteiger partial charge is 0.0604 e. The van der Waals surface area contributed by atoms with Crippen molar-refractivity contribution in [1.82, 2.24) is 10.3 Å². The normalized spacial score (nSPS) is 14.8. The van der Waals surface area contributed by atoms with E-state index < -0.39 is 0 Å². The van der Waals surface area contributed by atoms with Crippen LogP contribution in [0.4, 0.5) is 0 Å². The molecule has 2 nitrogen and oxygen atoms in total. The van der Waals surface area contributed by atoms with E-state index in [-0.39, 0.29) is 0 Å². The molecule has 0 saturated heterocycles. The summed E-state index contributed by atoms with van der Waals surface area (Å²) in [5.41, 5.74) is 2.50. The molecule has 2 unspecified atom stereocenters. The third kappa shape index (κ3) is 3.31. The number of pyridine rings is 1. The summed E-state index contributed by atoms with van der Waals surface area (Å²) in [5, 5.41) is 3.56. The maximum absolute atomic E-state index is 4.54. The van der Waals surface area contributed by atoms with Crippen LogP contribution >= 0.6 is 0 Å². The Labute approximate surface area is 99.5 Å². The first-order valence-corrected chi connectivity index (χ1v) is 6.35. The van der Waals surface area contributed by atoms with Gasteiger partial charge in [0.15, 0.2) is 0 Å². The van der Waals surface area contributed by atoms with Gasteiger partial charge in [0.25, 0.3) is 0 Å². The van der Waals surface area contributed by atoms with Gasteiger partial charge in [0.2, 0.25) is 0 Å². The molecule has 0 fully saturated rings. The fourth-order valence-corrected chi connectivity index (χ4v) is 2.23. The van der Waals surface area contributed by atoms with Gasteiger partial charge < -0.3 is 5.32 Å². The van der Waals surface area contributed by atoms with E-state index in [0.29, 0.717) is 12.0 Å². The highest BCUT2D eigenvalue weighted by Gasteiger charge is 2.20. The molecule has 0 radical (unpaired) electrons. The molecule has 0 amide bonds. The van der Waals surface area contributed by atoms with Crippen molar-refractivity contribution in [1.29, 1.82) is 0 Å². The molecular formula is C14H24N2. The highest BCUT2D eigenvalue weighted by molar-refractivity contribution is 5.21. The first-order valence-electron chi connectivity index (χ1n) is 6.35. The fraction of sp³-hybridized carbons (Fsp3) is 0.643. The van der Waals surface area contributed by atoms with E-state index in [1.54, 1.807) is 0 Å². The van der Waals surface area contributed by atoms with Crippen LogP contribution in [0, 0.1) is 12.8 Å². The van der Waals surface area contributed by atoms with Crippen LogP contribution in [0.3, 0.4) is 0 Å². The van der Waals surface area contributed by atoms with Gasteiger partial charge >= 0.3 is 0 Å². The quantitative estimate of drug-likeness (QED) is 0.794. The SMILES string of the molecule is CCCC(C)C(NCC)c1ncccc1C. The van der Waals surface area contributed by atoms with Gasteiger partial charge in [0, 0.05) is 6.20 Å². The summed E-state index contributed by atoms with van der Waals surface area (Å²) in [6.45, 7) is 9.85.